The van der Waals surface area contributed by atoms with Crippen molar-refractivity contribution in [2.45, 2.75) is 39.0 Å². The van der Waals surface area contributed by atoms with Gasteiger partial charge in [-0.15, -0.1) is 0 Å². The van der Waals surface area contributed by atoms with Crippen LogP contribution in [-0.2, 0) is 19.3 Å². The Bertz CT molecular complexity index is 1700. The molecule has 0 saturated carbocycles. The number of halogens is 4. The van der Waals surface area contributed by atoms with Crippen LogP contribution in [-0.4, -0.2) is 38.6 Å². The van der Waals surface area contributed by atoms with Crippen LogP contribution in [0.4, 0.5) is 13.2 Å². The maximum absolute atomic E-state index is 13.2. The fourth-order valence-corrected chi connectivity index (χ4v) is 5.08. The van der Waals surface area contributed by atoms with Gasteiger partial charge in [-0.05, 0) is 17.0 Å². The van der Waals surface area contributed by atoms with E-state index in [-0.39, 0.29) is 37.1 Å². The number of aliphatic hydroxyl groups is 1. The van der Waals surface area contributed by atoms with Gasteiger partial charge < -0.3 is 9.67 Å². The molecule has 1 N–H and O–H groups in total. The van der Waals surface area contributed by atoms with E-state index in [1.165, 1.54) is 7.35 Å². The molecule has 0 aliphatic rings. The van der Waals surface area contributed by atoms with Crippen molar-refractivity contribution in [3.8, 4) is 22.8 Å². The van der Waals surface area contributed by atoms with E-state index < -0.39 is 11.9 Å². The zero-order chi connectivity index (χ0) is 27.9. The van der Waals surface area contributed by atoms with Crippen LogP contribution in [0, 0.1) is 0 Å². The van der Waals surface area contributed by atoms with Gasteiger partial charge in [-0.3, -0.25) is 4.57 Å². The van der Waals surface area contributed by atoms with Crippen LogP contribution in [0.15, 0.2) is 65.7 Å². The summed E-state index contributed by atoms with van der Waals surface area (Å²) in [6, 6.07) is 14.7. The Morgan fingerprint density at radius 2 is 1.77 bits per heavy atom. The predicted molar refractivity (Wildman–Crippen MR) is 150 cm³/mol. The molecule has 3 aromatic heterocycles. The molecule has 5 rings (SSSR count). The first kappa shape index (κ1) is 27.1. The summed E-state index contributed by atoms with van der Waals surface area (Å²) in [5.74, 6) is 0.884. The van der Waals surface area contributed by atoms with Crippen molar-refractivity contribution in [2.24, 2.45) is 0 Å². The van der Waals surface area contributed by atoms with E-state index in [2.05, 4.69) is 23.8 Å². The Kier molecular flexibility index (Phi) is 7.33. The number of benzene rings is 2. The smallest absolute Gasteiger partial charge is 0.395 e. The zero-order valence-corrected chi connectivity index (χ0v) is 23.2. The number of aliphatic hydroxyl groups excluding tert-OH is 1. The molecule has 0 aliphatic carbocycles. The molecule has 0 aliphatic heterocycles. The maximum atomic E-state index is 13.2. The van der Waals surface area contributed by atoms with E-state index in [9.17, 15) is 23.1 Å². The summed E-state index contributed by atoms with van der Waals surface area (Å²) in [4.78, 5) is 26.2. The largest absolute Gasteiger partial charge is 0.434 e. The Labute approximate surface area is 235 Å². The highest BCUT2D eigenvalue weighted by Crippen LogP contribution is 2.31. The van der Waals surface area contributed by atoms with Crippen molar-refractivity contribution in [1.29, 1.82) is 0 Å². The molecule has 0 bridgehead atoms. The van der Waals surface area contributed by atoms with E-state index >= 15 is 0 Å². The summed E-state index contributed by atoms with van der Waals surface area (Å²) in [6.07, 6.45) is -2.06. The quantitative estimate of drug-likeness (QED) is 0.236. The minimum atomic E-state index is -4.60. The molecule has 0 saturated heterocycles. The molecule has 0 spiro atoms. The number of fused-ring (bicyclic) bond motifs is 1. The molecule has 202 valence electrons. The Morgan fingerprint density at radius 3 is 2.44 bits per heavy atom. The van der Waals surface area contributed by atoms with Crippen LogP contribution in [0.5, 0.6) is 0 Å². The lowest BCUT2D eigenvalue weighted by atomic mass is 9.97. The molecule has 39 heavy (non-hydrogen) atoms. The van der Waals surface area contributed by atoms with Gasteiger partial charge in [-0.2, -0.15) is 13.2 Å². The molecule has 3 heterocycles. The van der Waals surface area contributed by atoms with E-state index in [1.54, 1.807) is 35.0 Å². The standard InChI is InChI=1S/C27H24F3IN6O2/c1-16(2)19-5-3-4-6-20(19)23-32-13-21-25(34-23)36(26(39)37(21)31)14-17-7-9-18(10-8-17)24-33-22(27(28,29)30)15-35(24)11-12-38/h3-10,13,15-16,38H,11-12,14H2,1-2H3. The molecule has 8 nitrogen and oxygen atoms in total. The van der Waals surface area contributed by atoms with Gasteiger partial charge in [0, 0.05) is 23.9 Å². The van der Waals surface area contributed by atoms with Crippen molar-refractivity contribution in [3.05, 3.63) is 88.2 Å². The number of nitrogens with zero attached hydrogens (tertiary/aromatic N) is 6. The molecule has 0 unspecified atom stereocenters. The van der Waals surface area contributed by atoms with E-state index in [4.69, 9.17) is 4.98 Å². The van der Waals surface area contributed by atoms with E-state index in [1.807, 2.05) is 47.1 Å². The SMILES string of the molecule is CC(C)c1ccccc1-c1ncc2c(n1)n(Cc1ccc(-c3nc(C(F)(F)F)cn3CCO)cc1)c(=O)n2I. The van der Waals surface area contributed by atoms with Crippen LogP contribution in [0.3, 0.4) is 0 Å². The van der Waals surface area contributed by atoms with Crippen molar-refractivity contribution >= 4 is 34.0 Å². The first-order valence-corrected chi connectivity index (χ1v) is 13.1. The summed E-state index contributed by atoms with van der Waals surface area (Å²) in [7, 11) is 0. The number of alkyl halides is 3. The van der Waals surface area contributed by atoms with Crippen LogP contribution in [0.1, 0.15) is 36.6 Å². The molecule has 0 amide bonds. The highest BCUT2D eigenvalue weighted by Gasteiger charge is 2.35. The normalized spacial score (nSPS) is 12.1. The lowest BCUT2D eigenvalue weighted by Gasteiger charge is -2.11. The molecule has 5 aromatic rings. The molecule has 12 heteroatoms. The van der Waals surface area contributed by atoms with Crippen LogP contribution >= 0.6 is 22.9 Å². The summed E-state index contributed by atoms with van der Waals surface area (Å²) in [6.45, 7) is 4.05. The molecule has 0 radical (unpaired) electrons. The summed E-state index contributed by atoms with van der Waals surface area (Å²) >= 11 is 1.92. The predicted octanol–water partition coefficient (Wildman–Crippen LogP) is 5.50. The molecule has 0 fully saturated rings. The molecule has 0 atom stereocenters. The first-order chi connectivity index (χ1) is 18.6. The average Bonchev–Trinajstić information content (AvgIpc) is 3.44. The number of imidazole rings is 2. The number of rotatable bonds is 7. The number of hydrogen-bond acceptors (Lipinski definition) is 5. The van der Waals surface area contributed by atoms with Crippen LogP contribution < -0.4 is 5.69 Å². The minimum absolute atomic E-state index is 0.0211. The zero-order valence-electron chi connectivity index (χ0n) is 21.0. The van der Waals surface area contributed by atoms with Gasteiger partial charge in [-0.25, -0.2) is 22.5 Å². The number of hydrogen-bond donors (Lipinski definition) is 1. The van der Waals surface area contributed by atoms with Gasteiger partial charge in [0.25, 0.3) is 0 Å². The molecular formula is C27H24F3IN6O2. The monoisotopic (exact) mass is 648 g/mol. The van der Waals surface area contributed by atoms with Gasteiger partial charge in [0.15, 0.2) is 17.2 Å². The Hall–Kier alpha value is -3.52. The Morgan fingerprint density at radius 1 is 1.05 bits per heavy atom. The lowest BCUT2D eigenvalue weighted by molar-refractivity contribution is -0.140. The fourth-order valence-electron chi connectivity index (χ4n) is 4.48. The molecular weight excluding hydrogens is 624 g/mol. The van der Waals surface area contributed by atoms with Gasteiger partial charge in [0.05, 0.1) is 42.2 Å². The van der Waals surface area contributed by atoms with Gasteiger partial charge >= 0.3 is 11.9 Å². The topological polar surface area (TPSA) is 90.8 Å². The van der Waals surface area contributed by atoms with Gasteiger partial charge in [-0.1, -0.05) is 62.4 Å². The van der Waals surface area contributed by atoms with Crippen LogP contribution in [0.2, 0.25) is 0 Å². The van der Waals surface area contributed by atoms with Gasteiger partial charge in [0.2, 0.25) is 0 Å². The van der Waals surface area contributed by atoms with Crippen LogP contribution in [0.25, 0.3) is 33.9 Å². The minimum Gasteiger partial charge on any atom is -0.395 e. The molecule has 2 aromatic carbocycles. The third kappa shape index (κ3) is 5.22. The van der Waals surface area contributed by atoms with E-state index in [0.717, 1.165) is 22.9 Å². The first-order valence-electron chi connectivity index (χ1n) is 12.2. The Balaban J connectivity index is 1.51. The third-order valence-corrected chi connectivity index (χ3v) is 7.33. The summed E-state index contributed by atoms with van der Waals surface area (Å²) in [5, 5.41) is 9.29. The van der Waals surface area contributed by atoms with Crippen molar-refractivity contribution in [1.82, 2.24) is 26.9 Å². The lowest BCUT2D eigenvalue weighted by Crippen LogP contribution is -2.20. The third-order valence-electron chi connectivity index (χ3n) is 6.40. The van der Waals surface area contributed by atoms with Crippen molar-refractivity contribution in [3.63, 3.8) is 0 Å². The maximum Gasteiger partial charge on any atom is 0.434 e. The highest BCUT2D eigenvalue weighted by atomic mass is 127. The summed E-state index contributed by atoms with van der Waals surface area (Å²) in [5.41, 5.74) is 2.98. The fraction of sp³-hybridized carbons (Fsp3) is 0.259. The van der Waals surface area contributed by atoms with Crippen molar-refractivity contribution < 1.29 is 18.3 Å². The second-order valence-corrected chi connectivity index (χ2v) is 10.3. The second-order valence-electron chi connectivity index (χ2n) is 9.36. The van der Waals surface area contributed by atoms with Gasteiger partial charge in [0.1, 0.15) is 11.3 Å². The summed E-state index contributed by atoms with van der Waals surface area (Å²) < 4.78 is 44.0. The van der Waals surface area contributed by atoms with Crippen molar-refractivity contribution in [2.75, 3.05) is 6.61 Å². The number of aromatic nitrogens is 6. The second kappa shape index (κ2) is 10.6. The average molecular weight is 648 g/mol. The highest BCUT2D eigenvalue weighted by molar-refractivity contribution is 14.1. The van der Waals surface area contributed by atoms with E-state index in [0.29, 0.717) is 22.6 Å².